The summed E-state index contributed by atoms with van der Waals surface area (Å²) in [4.78, 5) is 15.6. The van der Waals surface area contributed by atoms with E-state index in [1.807, 2.05) is 6.07 Å². The highest BCUT2D eigenvalue weighted by Gasteiger charge is 2.06. The van der Waals surface area contributed by atoms with E-state index in [0.717, 1.165) is 22.4 Å². The largest absolute Gasteiger partial charge is 0.398 e. The highest BCUT2D eigenvalue weighted by Crippen LogP contribution is 2.24. The molecule has 5 heteroatoms. The zero-order valence-electron chi connectivity index (χ0n) is 8.38. The first-order valence-electron chi connectivity index (χ1n) is 4.84. The monoisotopic (exact) mass is 211 g/mol. The SMILES string of the molecule is Nc1ccnc2[nH]c(-c3cnccn3)cc12. The number of rotatable bonds is 1. The average Bonchev–Trinajstić information content (AvgIpc) is 2.76. The van der Waals surface area contributed by atoms with Crippen LogP contribution in [0.25, 0.3) is 22.4 Å². The van der Waals surface area contributed by atoms with Gasteiger partial charge in [0.2, 0.25) is 0 Å². The molecule has 3 aromatic heterocycles. The smallest absolute Gasteiger partial charge is 0.139 e. The highest BCUT2D eigenvalue weighted by molar-refractivity contribution is 5.91. The van der Waals surface area contributed by atoms with Gasteiger partial charge in [-0.3, -0.25) is 9.97 Å². The maximum atomic E-state index is 5.85. The summed E-state index contributed by atoms with van der Waals surface area (Å²) in [5.74, 6) is 0. The van der Waals surface area contributed by atoms with Crippen LogP contribution in [0, 0.1) is 0 Å². The lowest BCUT2D eigenvalue weighted by Gasteiger charge is -1.92. The van der Waals surface area contributed by atoms with Gasteiger partial charge < -0.3 is 10.7 Å². The molecular formula is C11H9N5. The molecule has 78 valence electrons. The summed E-state index contributed by atoms with van der Waals surface area (Å²) in [6.07, 6.45) is 6.66. The van der Waals surface area contributed by atoms with Crippen LogP contribution in [0.1, 0.15) is 0 Å². The van der Waals surface area contributed by atoms with Crippen molar-refractivity contribution in [3.63, 3.8) is 0 Å². The van der Waals surface area contributed by atoms with E-state index in [1.165, 1.54) is 0 Å². The van der Waals surface area contributed by atoms with E-state index in [4.69, 9.17) is 5.73 Å². The lowest BCUT2D eigenvalue weighted by atomic mass is 10.2. The van der Waals surface area contributed by atoms with E-state index in [1.54, 1.807) is 30.9 Å². The predicted molar refractivity (Wildman–Crippen MR) is 61.5 cm³/mol. The topological polar surface area (TPSA) is 80.5 Å². The van der Waals surface area contributed by atoms with Crippen molar-refractivity contribution in [2.24, 2.45) is 0 Å². The third-order valence-electron chi connectivity index (χ3n) is 2.40. The normalized spacial score (nSPS) is 10.8. The van der Waals surface area contributed by atoms with Gasteiger partial charge in [0.25, 0.3) is 0 Å². The van der Waals surface area contributed by atoms with Gasteiger partial charge in [-0.15, -0.1) is 0 Å². The second-order valence-corrected chi connectivity index (χ2v) is 3.44. The number of nitrogens with one attached hydrogen (secondary N) is 1. The number of hydrogen-bond donors (Lipinski definition) is 2. The Hall–Kier alpha value is -2.43. The second kappa shape index (κ2) is 3.30. The van der Waals surface area contributed by atoms with Gasteiger partial charge in [-0.1, -0.05) is 0 Å². The first-order valence-corrected chi connectivity index (χ1v) is 4.84. The zero-order valence-corrected chi connectivity index (χ0v) is 8.38. The van der Waals surface area contributed by atoms with Crippen LogP contribution in [-0.4, -0.2) is 19.9 Å². The van der Waals surface area contributed by atoms with Gasteiger partial charge >= 0.3 is 0 Å². The Kier molecular flexibility index (Phi) is 1.83. The minimum atomic E-state index is 0.705. The quantitative estimate of drug-likeness (QED) is 0.640. The van der Waals surface area contributed by atoms with Crippen LogP contribution in [0.2, 0.25) is 0 Å². The van der Waals surface area contributed by atoms with Crippen LogP contribution >= 0.6 is 0 Å². The predicted octanol–water partition coefficient (Wildman–Crippen LogP) is 1.60. The molecule has 3 heterocycles. The van der Waals surface area contributed by atoms with Gasteiger partial charge in [0.05, 0.1) is 11.9 Å². The van der Waals surface area contributed by atoms with Gasteiger partial charge in [-0.05, 0) is 12.1 Å². The number of H-pyrrole nitrogens is 1. The van der Waals surface area contributed by atoms with Gasteiger partial charge in [0.15, 0.2) is 0 Å². The van der Waals surface area contributed by atoms with Crippen molar-refractivity contribution in [2.45, 2.75) is 0 Å². The van der Waals surface area contributed by atoms with Gasteiger partial charge in [-0.2, -0.15) is 0 Å². The summed E-state index contributed by atoms with van der Waals surface area (Å²) in [5.41, 5.74) is 8.97. The van der Waals surface area contributed by atoms with E-state index in [2.05, 4.69) is 19.9 Å². The second-order valence-electron chi connectivity index (χ2n) is 3.44. The molecule has 0 aromatic carbocycles. The molecule has 0 saturated carbocycles. The standard InChI is InChI=1S/C11H9N5/c12-8-1-2-15-11-7(8)5-9(16-11)10-6-13-3-4-14-10/h1-6H,(H3,12,15,16). The third kappa shape index (κ3) is 1.30. The van der Waals surface area contributed by atoms with Crippen LogP contribution in [0.3, 0.4) is 0 Å². The first kappa shape index (κ1) is 8.84. The number of aromatic nitrogens is 4. The maximum absolute atomic E-state index is 5.85. The third-order valence-corrected chi connectivity index (χ3v) is 2.40. The fraction of sp³-hybridized carbons (Fsp3) is 0. The molecule has 3 N–H and O–H groups in total. The van der Waals surface area contributed by atoms with Gasteiger partial charge in [0, 0.05) is 29.7 Å². The number of aromatic amines is 1. The van der Waals surface area contributed by atoms with Crippen molar-refractivity contribution in [2.75, 3.05) is 5.73 Å². The lowest BCUT2D eigenvalue weighted by Crippen LogP contribution is -1.85. The minimum absolute atomic E-state index is 0.705. The van der Waals surface area contributed by atoms with E-state index < -0.39 is 0 Å². The molecule has 3 aromatic rings. The molecule has 0 bridgehead atoms. The molecule has 0 atom stereocenters. The molecule has 0 radical (unpaired) electrons. The number of fused-ring (bicyclic) bond motifs is 1. The fourth-order valence-corrected chi connectivity index (χ4v) is 1.62. The molecule has 16 heavy (non-hydrogen) atoms. The van der Waals surface area contributed by atoms with Crippen molar-refractivity contribution in [1.82, 2.24) is 19.9 Å². The summed E-state index contributed by atoms with van der Waals surface area (Å²) in [6.45, 7) is 0. The Morgan fingerprint density at radius 1 is 1.12 bits per heavy atom. The lowest BCUT2D eigenvalue weighted by molar-refractivity contribution is 1.19. The van der Waals surface area contributed by atoms with Crippen molar-refractivity contribution < 1.29 is 0 Å². The molecule has 0 aliphatic carbocycles. The van der Waals surface area contributed by atoms with E-state index in [0.29, 0.717) is 5.69 Å². The Morgan fingerprint density at radius 3 is 2.81 bits per heavy atom. The maximum Gasteiger partial charge on any atom is 0.139 e. The molecule has 3 rings (SSSR count). The number of anilines is 1. The Morgan fingerprint density at radius 2 is 2.06 bits per heavy atom. The Bertz CT molecular complexity index is 629. The summed E-state index contributed by atoms with van der Waals surface area (Å²) < 4.78 is 0. The minimum Gasteiger partial charge on any atom is -0.398 e. The number of nitrogens with zero attached hydrogens (tertiary/aromatic N) is 3. The van der Waals surface area contributed by atoms with E-state index >= 15 is 0 Å². The molecule has 0 unspecified atom stereocenters. The van der Waals surface area contributed by atoms with Crippen molar-refractivity contribution in [1.29, 1.82) is 0 Å². The molecule has 0 saturated heterocycles. The first-order chi connectivity index (χ1) is 7.84. The number of nitrogen functional groups attached to an aromatic ring is 1. The average molecular weight is 211 g/mol. The van der Waals surface area contributed by atoms with Crippen LogP contribution in [0.15, 0.2) is 36.9 Å². The Balaban J connectivity index is 2.23. The van der Waals surface area contributed by atoms with Gasteiger partial charge in [-0.25, -0.2) is 4.98 Å². The molecule has 0 amide bonds. The Labute approximate surface area is 91.4 Å². The summed E-state index contributed by atoms with van der Waals surface area (Å²) in [5, 5.41) is 0.906. The van der Waals surface area contributed by atoms with Crippen molar-refractivity contribution >= 4 is 16.7 Å². The number of pyridine rings is 1. The molecule has 0 fully saturated rings. The molecule has 0 aliphatic heterocycles. The van der Waals surface area contributed by atoms with Crippen LogP contribution in [0.4, 0.5) is 5.69 Å². The van der Waals surface area contributed by atoms with E-state index in [-0.39, 0.29) is 0 Å². The zero-order chi connectivity index (χ0) is 11.0. The summed E-state index contributed by atoms with van der Waals surface area (Å²) in [7, 11) is 0. The summed E-state index contributed by atoms with van der Waals surface area (Å²) >= 11 is 0. The van der Waals surface area contributed by atoms with Crippen molar-refractivity contribution in [3.05, 3.63) is 36.9 Å². The van der Waals surface area contributed by atoms with Crippen LogP contribution in [-0.2, 0) is 0 Å². The molecule has 0 spiro atoms. The molecule has 5 nitrogen and oxygen atoms in total. The van der Waals surface area contributed by atoms with Crippen molar-refractivity contribution in [3.8, 4) is 11.4 Å². The van der Waals surface area contributed by atoms with Crippen LogP contribution < -0.4 is 5.73 Å². The molecule has 0 aliphatic rings. The van der Waals surface area contributed by atoms with Crippen LogP contribution in [0.5, 0.6) is 0 Å². The van der Waals surface area contributed by atoms with E-state index in [9.17, 15) is 0 Å². The fourth-order valence-electron chi connectivity index (χ4n) is 1.62. The highest BCUT2D eigenvalue weighted by atomic mass is 14.9. The molecular weight excluding hydrogens is 202 g/mol. The summed E-state index contributed by atoms with van der Waals surface area (Å²) in [6, 6.07) is 3.71. The number of nitrogens with two attached hydrogens (primary N) is 1. The number of hydrogen-bond acceptors (Lipinski definition) is 4. The van der Waals surface area contributed by atoms with Gasteiger partial charge in [0.1, 0.15) is 11.3 Å².